The Morgan fingerprint density at radius 3 is 2.72 bits per heavy atom. The molecule has 1 atom stereocenters. The number of nitrogens with zero attached hydrogens (tertiary/aromatic N) is 4. The fourth-order valence-corrected chi connectivity index (χ4v) is 4.88. The number of amides is 2. The van der Waals surface area contributed by atoms with Gasteiger partial charge in [-0.15, -0.1) is 5.10 Å². The lowest BCUT2D eigenvalue weighted by atomic mass is 9.95. The van der Waals surface area contributed by atoms with Crippen LogP contribution < -0.4 is 5.32 Å². The van der Waals surface area contributed by atoms with Gasteiger partial charge in [0.15, 0.2) is 0 Å². The summed E-state index contributed by atoms with van der Waals surface area (Å²) in [5.74, 6) is -1.75. The molecule has 1 unspecified atom stereocenters. The van der Waals surface area contributed by atoms with E-state index in [1.54, 1.807) is 21.8 Å². The summed E-state index contributed by atoms with van der Waals surface area (Å²) in [4.78, 5) is 27.4. The SMILES string of the molecule is Cc1ccc(C(=O)NCCc2c(F)ccc(Br)c2F)c(-n2cc(C3CCCN(C(=O)OC(C)(C)C)C3)nn2)c1. The normalized spacial score (nSPS) is 15.8. The van der Waals surface area contributed by atoms with E-state index in [1.807, 2.05) is 39.8 Å². The zero-order valence-corrected chi connectivity index (χ0v) is 24.0. The third kappa shape index (κ3) is 7.00. The molecular formula is C28H32BrF2N5O3. The van der Waals surface area contributed by atoms with Crippen molar-refractivity contribution in [2.45, 2.75) is 58.5 Å². The van der Waals surface area contributed by atoms with E-state index in [2.05, 4.69) is 31.6 Å². The van der Waals surface area contributed by atoms with Gasteiger partial charge in [-0.2, -0.15) is 0 Å². The number of hydrogen-bond acceptors (Lipinski definition) is 5. The van der Waals surface area contributed by atoms with Crippen LogP contribution in [0.25, 0.3) is 5.69 Å². The van der Waals surface area contributed by atoms with Crippen LogP contribution in [0.15, 0.2) is 41.0 Å². The van der Waals surface area contributed by atoms with Crippen LogP contribution in [0.2, 0.25) is 0 Å². The van der Waals surface area contributed by atoms with Crippen LogP contribution in [0.5, 0.6) is 0 Å². The zero-order chi connectivity index (χ0) is 28.3. The van der Waals surface area contributed by atoms with Crippen LogP contribution in [-0.2, 0) is 11.2 Å². The predicted octanol–water partition coefficient (Wildman–Crippen LogP) is 5.70. The lowest BCUT2D eigenvalue weighted by Gasteiger charge is -2.33. The van der Waals surface area contributed by atoms with E-state index in [4.69, 9.17) is 4.74 Å². The Morgan fingerprint density at radius 2 is 1.97 bits per heavy atom. The monoisotopic (exact) mass is 603 g/mol. The van der Waals surface area contributed by atoms with Gasteiger partial charge >= 0.3 is 6.09 Å². The van der Waals surface area contributed by atoms with E-state index in [1.165, 1.54) is 12.1 Å². The van der Waals surface area contributed by atoms with Crippen molar-refractivity contribution in [1.82, 2.24) is 25.2 Å². The highest BCUT2D eigenvalue weighted by molar-refractivity contribution is 9.10. The van der Waals surface area contributed by atoms with Crippen LogP contribution in [0.4, 0.5) is 13.6 Å². The number of carbonyl (C=O) groups excluding carboxylic acids is 2. The molecule has 0 bridgehead atoms. The van der Waals surface area contributed by atoms with Crippen molar-refractivity contribution in [2.75, 3.05) is 19.6 Å². The van der Waals surface area contributed by atoms with Crippen molar-refractivity contribution in [1.29, 1.82) is 0 Å². The van der Waals surface area contributed by atoms with Gasteiger partial charge in [-0.05, 0) is 92.7 Å². The van der Waals surface area contributed by atoms with Gasteiger partial charge in [0.1, 0.15) is 17.2 Å². The van der Waals surface area contributed by atoms with Gasteiger partial charge in [0.05, 0.1) is 27.6 Å². The molecule has 2 amide bonds. The number of hydrogen-bond donors (Lipinski definition) is 1. The molecule has 2 aromatic carbocycles. The van der Waals surface area contributed by atoms with Crippen molar-refractivity contribution in [3.63, 3.8) is 0 Å². The number of carbonyl (C=O) groups is 2. The third-order valence-corrected chi connectivity index (χ3v) is 7.06. The van der Waals surface area contributed by atoms with Gasteiger partial charge in [-0.1, -0.05) is 11.3 Å². The number of nitrogens with one attached hydrogen (secondary N) is 1. The highest BCUT2D eigenvalue weighted by Gasteiger charge is 2.30. The van der Waals surface area contributed by atoms with Crippen LogP contribution in [0, 0.1) is 18.6 Å². The van der Waals surface area contributed by atoms with E-state index < -0.39 is 23.1 Å². The van der Waals surface area contributed by atoms with Crippen molar-refractivity contribution in [3.05, 3.63) is 75.0 Å². The van der Waals surface area contributed by atoms with Gasteiger partial charge in [-0.25, -0.2) is 18.3 Å². The molecule has 1 fully saturated rings. The summed E-state index contributed by atoms with van der Waals surface area (Å²) in [5.41, 5.74) is 1.86. The molecule has 8 nitrogen and oxygen atoms in total. The lowest BCUT2D eigenvalue weighted by Crippen LogP contribution is -2.42. The second-order valence-corrected chi connectivity index (χ2v) is 11.6. The summed E-state index contributed by atoms with van der Waals surface area (Å²) < 4.78 is 35.6. The Kier molecular flexibility index (Phi) is 8.68. The molecule has 208 valence electrons. The maximum absolute atomic E-state index is 14.3. The summed E-state index contributed by atoms with van der Waals surface area (Å²) in [7, 11) is 0. The van der Waals surface area contributed by atoms with Gasteiger partial charge in [0.2, 0.25) is 0 Å². The van der Waals surface area contributed by atoms with Gasteiger partial charge in [0, 0.05) is 31.1 Å². The number of benzene rings is 2. The van der Waals surface area contributed by atoms with E-state index >= 15 is 0 Å². The van der Waals surface area contributed by atoms with Crippen LogP contribution >= 0.6 is 15.9 Å². The fourth-order valence-electron chi connectivity index (χ4n) is 4.51. The van der Waals surface area contributed by atoms with Crippen LogP contribution in [0.1, 0.15) is 66.7 Å². The number of rotatable bonds is 6. The van der Waals surface area contributed by atoms with E-state index in [9.17, 15) is 18.4 Å². The standard InChI is InChI=1S/C28H32BrF2N5O3/c1-17-7-8-20(26(37)32-12-11-19-22(30)10-9-21(29)25(19)31)24(14-17)36-16-23(33-34-36)18-6-5-13-35(15-18)27(38)39-28(2,3)4/h7-10,14,16,18H,5-6,11-13,15H2,1-4H3,(H,32,37). The summed E-state index contributed by atoms with van der Waals surface area (Å²) in [6, 6.07) is 7.81. The Hall–Kier alpha value is -3.34. The first-order valence-electron chi connectivity index (χ1n) is 12.8. The molecule has 0 aliphatic carbocycles. The summed E-state index contributed by atoms with van der Waals surface area (Å²) >= 11 is 3.06. The Labute approximate surface area is 234 Å². The molecule has 39 heavy (non-hydrogen) atoms. The van der Waals surface area contributed by atoms with E-state index in [0.29, 0.717) is 24.3 Å². The average molecular weight is 604 g/mol. The number of aromatic nitrogens is 3. The highest BCUT2D eigenvalue weighted by atomic mass is 79.9. The third-order valence-electron chi connectivity index (χ3n) is 6.45. The Morgan fingerprint density at radius 1 is 1.21 bits per heavy atom. The minimum atomic E-state index is -0.677. The molecule has 1 aliphatic heterocycles. The number of halogens is 3. The minimum Gasteiger partial charge on any atom is -0.444 e. The van der Waals surface area contributed by atoms with E-state index in [0.717, 1.165) is 24.1 Å². The number of piperidine rings is 1. The largest absolute Gasteiger partial charge is 0.444 e. The second kappa shape index (κ2) is 11.8. The maximum atomic E-state index is 14.3. The quantitative estimate of drug-likeness (QED) is 0.365. The molecule has 4 rings (SSSR count). The summed E-state index contributed by atoms with van der Waals surface area (Å²) in [6.07, 6.45) is 3.09. The van der Waals surface area contributed by atoms with Gasteiger partial charge in [-0.3, -0.25) is 4.79 Å². The molecular weight excluding hydrogens is 572 g/mol. The molecule has 0 saturated carbocycles. The fraction of sp³-hybridized carbons (Fsp3) is 0.429. The van der Waals surface area contributed by atoms with Gasteiger partial charge in [0.25, 0.3) is 5.91 Å². The Balaban J connectivity index is 1.48. The van der Waals surface area contributed by atoms with Crippen molar-refractivity contribution < 1.29 is 23.1 Å². The number of likely N-dealkylation sites (tertiary alicyclic amines) is 1. The Bertz CT molecular complexity index is 1370. The zero-order valence-electron chi connectivity index (χ0n) is 22.4. The summed E-state index contributed by atoms with van der Waals surface area (Å²) in [6.45, 7) is 8.55. The first-order valence-corrected chi connectivity index (χ1v) is 13.6. The van der Waals surface area contributed by atoms with Gasteiger partial charge < -0.3 is 15.0 Å². The molecule has 1 N–H and O–H groups in total. The molecule has 0 radical (unpaired) electrons. The second-order valence-electron chi connectivity index (χ2n) is 10.7. The first kappa shape index (κ1) is 28.7. The summed E-state index contributed by atoms with van der Waals surface area (Å²) in [5, 5.41) is 11.4. The lowest BCUT2D eigenvalue weighted by molar-refractivity contribution is 0.0197. The molecule has 1 saturated heterocycles. The first-order chi connectivity index (χ1) is 18.4. The molecule has 1 aromatic heterocycles. The van der Waals surface area contributed by atoms with Crippen LogP contribution in [-0.4, -0.2) is 57.1 Å². The average Bonchev–Trinajstić information content (AvgIpc) is 3.38. The molecule has 11 heteroatoms. The van der Waals surface area contributed by atoms with Crippen molar-refractivity contribution >= 4 is 27.9 Å². The van der Waals surface area contributed by atoms with Crippen LogP contribution in [0.3, 0.4) is 0 Å². The van der Waals surface area contributed by atoms with Crippen molar-refractivity contribution in [3.8, 4) is 5.69 Å². The smallest absolute Gasteiger partial charge is 0.410 e. The topological polar surface area (TPSA) is 89.4 Å². The molecule has 0 spiro atoms. The van der Waals surface area contributed by atoms with Crippen molar-refractivity contribution in [2.24, 2.45) is 0 Å². The number of aryl methyl sites for hydroxylation is 1. The highest BCUT2D eigenvalue weighted by Crippen LogP contribution is 2.28. The minimum absolute atomic E-state index is 0.00660. The predicted molar refractivity (Wildman–Crippen MR) is 146 cm³/mol. The van der Waals surface area contributed by atoms with E-state index in [-0.39, 0.29) is 35.0 Å². The maximum Gasteiger partial charge on any atom is 0.410 e. The molecule has 3 aromatic rings. The molecule has 2 heterocycles. The number of ether oxygens (including phenoxy) is 1. The molecule has 1 aliphatic rings.